The first-order chi connectivity index (χ1) is 7.76. The van der Waals surface area contributed by atoms with Crippen LogP contribution in [0.1, 0.15) is 5.82 Å². The summed E-state index contributed by atoms with van der Waals surface area (Å²) in [5, 5.41) is 12.4. The Labute approximate surface area is 90.3 Å². The molecule has 8 heteroatoms. The van der Waals surface area contributed by atoms with E-state index in [1.54, 1.807) is 6.07 Å². The van der Waals surface area contributed by atoms with Crippen molar-refractivity contribution in [3.05, 3.63) is 18.5 Å². The Balaban J connectivity index is 2.52. The molecule has 0 saturated heterocycles. The van der Waals surface area contributed by atoms with E-state index in [1.807, 2.05) is 0 Å². The molecule has 2 heterocycles. The van der Waals surface area contributed by atoms with Crippen LogP contribution in [0.2, 0.25) is 0 Å². The molecule has 2 aromatic heterocycles. The number of rotatable bonds is 2. The second-order valence-corrected chi connectivity index (χ2v) is 2.74. The molecular formula is C8H7N7O. The molecule has 0 atom stereocenters. The van der Waals surface area contributed by atoms with Crippen molar-refractivity contribution in [3.8, 4) is 17.8 Å². The molecule has 2 rings (SSSR count). The van der Waals surface area contributed by atoms with E-state index in [-0.39, 0.29) is 17.4 Å². The van der Waals surface area contributed by atoms with E-state index in [1.165, 1.54) is 24.4 Å². The van der Waals surface area contributed by atoms with Gasteiger partial charge in [-0.25, -0.2) is 9.97 Å². The summed E-state index contributed by atoms with van der Waals surface area (Å²) in [6, 6.07) is 1.81. The Hall–Kier alpha value is -2.69. The minimum atomic E-state index is 0.0389. The van der Waals surface area contributed by atoms with Gasteiger partial charge in [0.05, 0.1) is 7.11 Å². The lowest BCUT2D eigenvalue weighted by Crippen LogP contribution is -2.06. The van der Waals surface area contributed by atoms with E-state index in [0.29, 0.717) is 5.82 Å². The summed E-state index contributed by atoms with van der Waals surface area (Å²) >= 11 is 0. The topological polar surface area (TPSA) is 116 Å². The van der Waals surface area contributed by atoms with Crippen LogP contribution in [0.4, 0.5) is 5.69 Å². The monoisotopic (exact) mass is 217 g/mol. The fourth-order valence-electron chi connectivity index (χ4n) is 1.13. The zero-order valence-corrected chi connectivity index (χ0v) is 8.32. The molecular weight excluding hydrogens is 210 g/mol. The predicted octanol–water partition coefficient (Wildman–Crippen LogP) is -0.480. The molecule has 0 fully saturated rings. The van der Waals surface area contributed by atoms with E-state index < -0.39 is 0 Å². The molecule has 0 aromatic carbocycles. The zero-order valence-electron chi connectivity index (χ0n) is 8.32. The van der Waals surface area contributed by atoms with E-state index >= 15 is 0 Å². The molecule has 0 unspecified atom stereocenters. The average molecular weight is 217 g/mol. The van der Waals surface area contributed by atoms with Crippen molar-refractivity contribution < 1.29 is 4.74 Å². The molecule has 0 spiro atoms. The van der Waals surface area contributed by atoms with Gasteiger partial charge in [0, 0.05) is 0 Å². The first-order valence-corrected chi connectivity index (χ1v) is 4.23. The molecule has 2 N–H and O–H groups in total. The van der Waals surface area contributed by atoms with Gasteiger partial charge in [-0.1, -0.05) is 0 Å². The van der Waals surface area contributed by atoms with Crippen LogP contribution in [0, 0.1) is 11.3 Å². The van der Waals surface area contributed by atoms with Gasteiger partial charge in [-0.3, -0.25) is 0 Å². The Morgan fingerprint density at radius 1 is 1.44 bits per heavy atom. The molecule has 0 aliphatic heterocycles. The number of nitrogens with two attached hydrogens (primary N) is 1. The molecule has 0 aliphatic carbocycles. The Morgan fingerprint density at radius 2 is 2.25 bits per heavy atom. The lowest BCUT2D eigenvalue weighted by molar-refractivity contribution is 0.399. The van der Waals surface area contributed by atoms with Gasteiger partial charge in [0.25, 0.3) is 5.82 Å². The summed E-state index contributed by atoms with van der Waals surface area (Å²) in [4.78, 5) is 11.5. The number of anilines is 1. The fraction of sp³-hybridized carbons (Fsp3) is 0.125. The number of hydrogen-bond acceptors (Lipinski definition) is 7. The number of methoxy groups -OCH3 is 1. The molecule has 0 amide bonds. The van der Waals surface area contributed by atoms with Crippen LogP contribution in [-0.2, 0) is 0 Å². The van der Waals surface area contributed by atoms with Crippen molar-refractivity contribution in [3.63, 3.8) is 0 Å². The standard InChI is InChI=1S/C8H7N7O/c1-16-8-6(10)7(11-3-12-8)15-4-13-5(2-9)14-15/h3-4H,10H2,1H3. The number of nitriles is 1. The van der Waals surface area contributed by atoms with E-state index in [2.05, 4.69) is 20.1 Å². The highest BCUT2D eigenvalue weighted by molar-refractivity contribution is 5.59. The Bertz CT molecular complexity index is 556. The summed E-state index contributed by atoms with van der Waals surface area (Å²) in [5.74, 6) is 0.608. The number of hydrogen-bond donors (Lipinski definition) is 1. The summed E-state index contributed by atoms with van der Waals surface area (Å²) in [7, 11) is 1.45. The van der Waals surface area contributed by atoms with Crippen LogP contribution < -0.4 is 10.5 Å². The number of nitrogens with zero attached hydrogens (tertiary/aromatic N) is 6. The summed E-state index contributed by atoms with van der Waals surface area (Å²) < 4.78 is 6.23. The predicted molar refractivity (Wildman–Crippen MR) is 52.6 cm³/mol. The molecule has 0 saturated carbocycles. The molecule has 80 valence electrons. The van der Waals surface area contributed by atoms with Gasteiger partial charge in [0.15, 0.2) is 5.82 Å². The lowest BCUT2D eigenvalue weighted by atomic mass is 10.4. The third-order valence-corrected chi connectivity index (χ3v) is 1.83. The maximum Gasteiger partial charge on any atom is 0.252 e. The second-order valence-electron chi connectivity index (χ2n) is 2.74. The van der Waals surface area contributed by atoms with Crippen LogP contribution >= 0.6 is 0 Å². The van der Waals surface area contributed by atoms with E-state index in [4.69, 9.17) is 15.7 Å². The highest BCUT2D eigenvalue weighted by Crippen LogP contribution is 2.21. The molecule has 0 aliphatic rings. The van der Waals surface area contributed by atoms with Crippen molar-refractivity contribution in [2.45, 2.75) is 0 Å². The van der Waals surface area contributed by atoms with Gasteiger partial charge in [0.2, 0.25) is 5.88 Å². The Morgan fingerprint density at radius 3 is 2.88 bits per heavy atom. The van der Waals surface area contributed by atoms with Gasteiger partial charge in [-0.15, -0.1) is 5.10 Å². The first-order valence-electron chi connectivity index (χ1n) is 4.23. The van der Waals surface area contributed by atoms with Crippen LogP contribution in [0.15, 0.2) is 12.7 Å². The maximum absolute atomic E-state index is 8.59. The summed E-state index contributed by atoms with van der Waals surface area (Å²) in [6.07, 6.45) is 2.63. The van der Waals surface area contributed by atoms with Gasteiger partial charge in [-0.2, -0.15) is 14.9 Å². The smallest absolute Gasteiger partial charge is 0.252 e. The van der Waals surface area contributed by atoms with Crippen LogP contribution in [-0.4, -0.2) is 31.8 Å². The Kier molecular flexibility index (Phi) is 2.35. The molecule has 8 nitrogen and oxygen atoms in total. The number of ether oxygens (including phenoxy) is 1. The van der Waals surface area contributed by atoms with E-state index in [0.717, 1.165) is 0 Å². The molecule has 0 bridgehead atoms. The van der Waals surface area contributed by atoms with Crippen LogP contribution in [0.3, 0.4) is 0 Å². The minimum absolute atomic E-state index is 0.0389. The number of nitrogen functional groups attached to an aromatic ring is 1. The summed E-state index contributed by atoms with van der Waals surface area (Å²) in [6.45, 7) is 0. The zero-order chi connectivity index (χ0) is 11.5. The van der Waals surface area contributed by atoms with Crippen LogP contribution in [0.25, 0.3) is 5.82 Å². The lowest BCUT2D eigenvalue weighted by Gasteiger charge is -2.06. The fourth-order valence-corrected chi connectivity index (χ4v) is 1.13. The highest BCUT2D eigenvalue weighted by atomic mass is 16.5. The van der Waals surface area contributed by atoms with E-state index in [9.17, 15) is 0 Å². The minimum Gasteiger partial charge on any atom is -0.479 e. The molecule has 16 heavy (non-hydrogen) atoms. The van der Waals surface area contributed by atoms with Gasteiger partial charge in [0.1, 0.15) is 24.4 Å². The SMILES string of the molecule is COc1ncnc(-n2cnc(C#N)n2)c1N. The van der Waals surface area contributed by atoms with Crippen molar-refractivity contribution in [1.82, 2.24) is 24.7 Å². The van der Waals surface area contributed by atoms with Gasteiger partial charge >= 0.3 is 0 Å². The quantitative estimate of drug-likeness (QED) is 0.722. The first kappa shape index (κ1) is 9.85. The third-order valence-electron chi connectivity index (χ3n) is 1.83. The summed E-state index contributed by atoms with van der Waals surface area (Å²) in [5.41, 5.74) is 5.99. The third kappa shape index (κ3) is 1.50. The van der Waals surface area contributed by atoms with Crippen molar-refractivity contribution in [2.24, 2.45) is 0 Å². The average Bonchev–Trinajstić information content (AvgIpc) is 2.78. The van der Waals surface area contributed by atoms with Crippen molar-refractivity contribution in [2.75, 3.05) is 12.8 Å². The van der Waals surface area contributed by atoms with Gasteiger partial charge in [-0.05, 0) is 0 Å². The maximum atomic E-state index is 8.59. The normalized spacial score (nSPS) is 9.75. The van der Waals surface area contributed by atoms with Crippen molar-refractivity contribution >= 4 is 5.69 Å². The highest BCUT2D eigenvalue weighted by Gasteiger charge is 2.11. The molecule has 2 aromatic rings. The molecule has 0 radical (unpaired) electrons. The van der Waals surface area contributed by atoms with Gasteiger partial charge < -0.3 is 10.5 Å². The van der Waals surface area contributed by atoms with Crippen LogP contribution in [0.5, 0.6) is 5.88 Å². The largest absolute Gasteiger partial charge is 0.479 e. The second kappa shape index (κ2) is 3.82. The van der Waals surface area contributed by atoms with Crippen molar-refractivity contribution in [1.29, 1.82) is 5.26 Å². The number of aromatic nitrogens is 5.